The van der Waals surface area contributed by atoms with Crippen molar-refractivity contribution in [3.05, 3.63) is 45.7 Å². The van der Waals surface area contributed by atoms with Crippen LogP contribution in [0.2, 0.25) is 0 Å². The van der Waals surface area contributed by atoms with Crippen LogP contribution in [0.25, 0.3) is 19.4 Å². The summed E-state index contributed by atoms with van der Waals surface area (Å²) in [6.07, 6.45) is 0. The monoisotopic (exact) mass is 204 g/mol. The van der Waals surface area contributed by atoms with Crippen LogP contribution in [0, 0.1) is 50.0 Å². The van der Waals surface area contributed by atoms with E-state index in [0.717, 1.165) is 0 Å². The van der Waals surface area contributed by atoms with Gasteiger partial charge in [-0.25, -0.2) is 26.3 Å². The summed E-state index contributed by atoms with van der Waals surface area (Å²) in [5.41, 5.74) is -2.75. The molecule has 0 unspecified atom stereocenters. The van der Waals surface area contributed by atoms with Crippen molar-refractivity contribution in [2.24, 2.45) is 23.7 Å². The molecule has 0 aromatic rings. The van der Waals surface area contributed by atoms with E-state index < -0.39 is 22.2 Å². The largest absolute Gasteiger partial charge is 0.461 e. The van der Waals surface area contributed by atoms with Crippen LogP contribution in [-0.2, 0) is 0 Å². The van der Waals surface area contributed by atoms with Crippen LogP contribution in [0.15, 0.2) is 0 Å². The van der Waals surface area contributed by atoms with Crippen molar-refractivity contribution in [2.45, 2.75) is 22.2 Å². The summed E-state index contributed by atoms with van der Waals surface area (Å²) in [4.78, 5) is 14.8. The molecule has 6 saturated carbocycles. The minimum absolute atomic E-state index is 0.141. The van der Waals surface area contributed by atoms with Crippen molar-refractivity contribution in [3.8, 4) is 0 Å². The average Bonchev–Trinajstić information content (AvgIpc) is 2.35. The first kappa shape index (κ1) is 7.27. The molecule has 6 aliphatic carbocycles. The van der Waals surface area contributed by atoms with Crippen LogP contribution in [-0.4, -0.2) is 22.2 Å². The third-order valence-electron chi connectivity index (χ3n) is 6.46. The zero-order valence-electron chi connectivity index (χ0n) is 8.10. The van der Waals surface area contributed by atoms with Gasteiger partial charge in [0.05, 0.1) is 0 Å². The van der Waals surface area contributed by atoms with Gasteiger partial charge in [0.15, 0.2) is 0 Å². The molecule has 72 valence electrons. The number of rotatable bonds is 0. The number of nitrogens with zero attached hydrogens (tertiary/aromatic N) is 4. The van der Waals surface area contributed by atoms with E-state index >= 15 is 0 Å². The van der Waals surface area contributed by atoms with Crippen LogP contribution < -0.4 is 0 Å². The topological polar surface area (TPSA) is 17.4 Å². The van der Waals surface area contributed by atoms with E-state index in [2.05, 4.69) is 19.4 Å². The summed E-state index contributed by atoms with van der Waals surface area (Å²) >= 11 is 0. The molecule has 0 atom stereocenters. The second-order valence-corrected chi connectivity index (χ2v) is 5.64. The Hall–Kier alpha value is -2.04. The van der Waals surface area contributed by atoms with Gasteiger partial charge >= 0.3 is 22.2 Å². The molecule has 0 aromatic carbocycles. The summed E-state index contributed by atoms with van der Waals surface area (Å²) in [6.45, 7) is 29.4. The fourth-order valence-electron chi connectivity index (χ4n) is 6.58. The second-order valence-electron chi connectivity index (χ2n) is 5.64. The fourth-order valence-corrected chi connectivity index (χ4v) is 6.58. The molecule has 0 aliphatic heterocycles. The predicted molar refractivity (Wildman–Crippen MR) is 51.3 cm³/mol. The highest BCUT2D eigenvalue weighted by Crippen LogP contribution is 3.09. The molecule has 0 bridgehead atoms. The Kier molecular flexibility index (Phi) is 0.584. The first-order chi connectivity index (χ1) is 7.72. The minimum atomic E-state index is -0.924. The zero-order chi connectivity index (χ0) is 11.1. The molecular weight excluding hydrogens is 200 g/mol. The number of hydrogen-bond donors (Lipinski definition) is 0. The van der Waals surface area contributed by atoms with Gasteiger partial charge in [0.2, 0.25) is 0 Å². The van der Waals surface area contributed by atoms with Crippen LogP contribution >= 0.6 is 0 Å². The van der Waals surface area contributed by atoms with Crippen molar-refractivity contribution in [1.29, 1.82) is 0 Å². The lowest BCUT2D eigenvalue weighted by Gasteiger charge is -2.95. The van der Waals surface area contributed by atoms with Gasteiger partial charge in [0.1, 0.15) is 17.8 Å². The SMILES string of the molecule is [C-]#[N+]C12C3C4C1C1([N+]#[C-])C4C3([N+]#[C-])C21[N+]#[C-]. The summed E-state index contributed by atoms with van der Waals surface area (Å²) in [5, 5.41) is 0. The van der Waals surface area contributed by atoms with Crippen molar-refractivity contribution >= 4 is 0 Å². The summed E-state index contributed by atoms with van der Waals surface area (Å²) in [5.74, 6) is 0.870. The highest BCUT2D eigenvalue weighted by molar-refractivity contribution is 5.85. The Morgan fingerprint density at radius 2 is 1.00 bits per heavy atom. The molecule has 0 spiro atoms. The van der Waals surface area contributed by atoms with Gasteiger partial charge in [-0.15, -0.1) is 0 Å². The van der Waals surface area contributed by atoms with E-state index in [1.54, 1.807) is 0 Å². The highest BCUT2D eigenvalue weighted by atomic mass is 15.5. The average molecular weight is 204 g/mol. The Morgan fingerprint density at radius 1 is 0.625 bits per heavy atom. The van der Waals surface area contributed by atoms with Crippen molar-refractivity contribution in [3.63, 3.8) is 0 Å². The maximum Gasteiger partial charge on any atom is 0.461 e. The van der Waals surface area contributed by atoms with E-state index in [-0.39, 0.29) is 17.8 Å². The van der Waals surface area contributed by atoms with Gasteiger partial charge in [-0.3, -0.25) is 19.4 Å². The van der Waals surface area contributed by atoms with E-state index in [9.17, 15) is 0 Å². The molecular formula is C12H4N4. The summed E-state index contributed by atoms with van der Waals surface area (Å²) in [6, 6.07) is 0. The predicted octanol–water partition coefficient (Wildman–Crippen LogP) is 1.15. The van der Waals surface area contributed by atoms with Crippen LogP contribution in [0.5, 0.6) is 0 Å². The Balaban J connectivity index is 1.88. The molecule has 6 aliphatic rings. The van der Waals surface area contributed by atoms with E-state index in [1.165, 1.54) is 0 Å². The van der Waals surface area contributed by atoms with Gasteiger partial charge in [0.25, 0.3) is 0 Å². The molecule has 0 radical (unpaired) electrons. The van der Waals surface area contributed by atoms with Crippen LogP contribution in [0.4, 0.5) is 0 Å². The van der Waals surface area contributed by atoms with Crippen molar-refractivity contribution in [1.82, 2.24) is 0 Å². The minimum Gasteiger partial charge on any atom is -0.299 e. The lowest BCUT2D eigenvalue weighted by atomic mass is 8.91. The molecule has 4 heteroatoms. The quantitative estimate of drug-likeness (QED) is 0.527. The standard InChI is InChI=1S/C12H4N4/c1-13-9-6-5-7(9)11(15-3)8(5)10(6,14-2)12(9,11)16-4/h5-8H. The highest BCUT2D eigenvalue weighted by Gasteiger charge is 3.42. The van der Waals surface area contributed by atoms with Crippen LogP contribution in [0.3, 0.4) is 0 Å². The van der Waals surface area contributed by atoms with Gasteiger partial charge in [-0.05, 0) is 0 Å². The molecule has 0 heterocycles. The van der Waals surface area contributed by atoms with Crippen molar-refractivity contribution in [2.75, 3.05) is 0 Å². The van der Waals surface area contributed by atoms with E-state index in [4.69, 9.17) is 26.3 Å². The first-order valence-electron chi connectivity index (χ1n) is 5.27. The second kappa shape index (κ2) is 1.29. The first-order valence-corrected chi connectivity index (χ1v) is 5.27. The lowest BCUT2D eigenvalue weighted by molar-refractivity contribution is -0.547. The van der Waals surface area contributed by atoms with E-state index in [1.807, 2.05) is 0 Å². The smallest absolute Gasteiger partial charge is 0.299 e. The third-order valence-corrected chi connectivity index (χ3v) is 6.46. The summed E-state index contributed by atoms with van der Waals surface area (Å²) in [7, 11) is 0. The molecule has 4 nitrogen and oxygen atoms in total. The normalized spacial score (nSPS) is 76.2. The Morgan fingerprint density at radius 3 is 1.25 bits per heavy atom. The Labute approximate surface area is 92.1 Å². The Bertz CT molecular complexity index is 580. The molecule has 6 fully saturated rings. The summed E-state index contributed by atoms with van der Waals surface area (Å²) < 4.78 is 0. The van der Waals surface area contributed by atoms with Crippen molar-refractivity contribution < 1.29 is 0 Å². The number of hydrogen-bond acceptors (Lipinski definition) is 0. The van der Waals surface area contributed by atoms with Gasteiger partial charge in [0, 0.05) is 5.92 Å². The maximum atomic E-state index is 7.40. The molecule has 0 N–H and O–H groups in total. The van der Waals surface area contributed by atoms with Gasteiger partial charge in [-0.1, -0.05) is 0 Å². The lowest BCUT2D eigenvalue weighted by Crippen LogP contribution is -3.27. The third kappa shape index (κ3) is 0.199. The molecule has 16 heavy (non-hydrogen) atoms. The molecule has 0 saturated heterocycles. The molecule has 0 amide bonds. The maximum absolute atomic E-state index is 7.40. The van der Waals surface area contributed by atoms with Gasteiger partial charge < -0.3 is 0 Å². The molecule has 6 rings (SSSR count). The van der Waals surface area contributed by atoms with Gasteiger partial charge in [-0.2, -0.15) is 0 Å². The zero-order valence-corrected chi connectivity index (χ0v) is 8.10. The van der Waals surface area contributed by atoms with Crippen LogP contribution in [0.1, 0.15) is 0 Å². The molecule has 0 aromatic heterocycles. The fraction of sp³-hybridized carbons (Fsp3) is 0.667. The van der Waals surface area contributed by atoms with E-state index in [0.29, 0.717) is 5.92 Å².